The van der Waals surface area contributed by atoms with Gasteiger partial charge in [-0.1, -0.05) is 36.4 Å². The molecular weight excluding hydrogens is 586 g/mol. The standard InChI is InChI=1S/C20H22N2O2.C20H25NO2/c1-24-19-8-7-15-12-17(6-5-16(15)13-19)20(23)18-4-2-10-22(14-18)11-3-9-21;1-14(2)21-10-4-5-18(13-21)20(22)17-7-6-16-12-19(23-3)9-8-15(16)11-17/h5-8,12-13,18H,2-4,10-11,14H2,1H3;6-9,11-12,14,18H,4-5,10,13H2,1-3H3. The molecule has 2 aliphatic heterocycles. The Kier molecular flexibility index (Phi) is 11.6. The molecule has 0 spiro atoms. The lowest BCUT2D eigenvalue weighted by Gasteiger charge is -2.34. The maximum Gasteiger partial charge on any atom is 0.167 e. The first-order chi connectivity index (χ1) is 22.8. The molecule has 0 radical (unpaired) electrons. The molecule has 7 heteroatoms. The third-order valence-corrected chi connectivity index (χ3v) is 9.63. The number of benzene rings is 4. The van der Waals surface area contributed by atoms with E-state index in [4.69, 9.17) is 14.7 Å². The summed E-state index contributed by atoms with van der Waals surface area (Å²) < 4.78 is 10.5. The van der Waals surface area contributed by atoms with Crippen molar-refractivity contribution in [3.05, 3.63) is 83.9 Å². The highest BCUT2D eigenvalue weighted by Crippen LogP contribution is 2.28. The molecule has 246 valence electrons. The first-order valence-electron chi connectivity index (χ1n) is 16.9. The minimum Gasteiger partial charge on any atom is -0.497 e. The summed E-state index contributed by atoms with van der Waals surface area (Å²) in [5.74, 6) is 2.33. The zero-order valence-corrected chi connectivity index (χ0v) is 28.2. The number of ether oxygens (including phenoxy) is 2. The Labute approximate surface area is 279 Å². The molecule has 47 heavy (non-hydrogen) atoms. The Bertz CT molecular complexity index is 1740. The predicted octanol–water partition coefficient (Wildman–Crippen LogP) is 7.81. The number of Topliss-reactive ketones (excluding diaryl/α,β-unsaturated/α-hetero) is 2. The fourth-order valence-electron chi connectivity index (χ4n) is 6.85. The first-order valence-corrected chi connectivity index (χ1v) is 16.9. The van der Waals surface area contributed by atoms with Crippen molar-refractivity contribution >= 4 is 33.1 Å². The van der Waals surface area contributed by atoms with E-state index in [0.29, 0.717) is 12.5 Å². The highest BCUT2D eigenvalue weighted by atomic mass is 16.5. The largest absolute Gasteiger partial charge is 0.497 e. The Morgan fingerprint density at radius 1 is 0.745 bits per heavy atom. The summed E-state index contributed by atoms with van der Waals surface area (Å²) in [6, 6.07) is 26.4. The van der Waals surface area contributed by atoms with Crippen molar-refractivity contribution in [3.8, 4) is 17.6 Å². The van der Waals surface area contributed by atoms with Gasteiger partial charge in [-0.15, -0.1) is 0 Å². The van der Waals surface area contributed by atoms with Crippen molar-refractivity contribution in [2.45, 2.75) is 52.0 Å². The van der Waals surface area contributed by atoms with Gasteiger partial charge in [-0.2, -0.15) is 5.26 Å². The Hall–Kier alpha value is -4.25. The number of hydrogen-bond donors (Lipinski definition) is 0. The van der Waals surface area contributed by atoms with E-state index >= 15 is 0 Å². The van der Waals surface area contributed by atoms with Gasteiger partial charge in [0.15, 0.2) is 11.6 Å². The van der Waals surface area contributed by atoms with Crippen LogP contribution in [0.2, 0.25) is 0 Å². The summed E-state index contributed by atoms with van der Waals surface area (Å²) in [4.78, 5) is 30.4. The van der Waals surface area contributed by atoms with Crippen LogP contribution in [0.15, 0.2) is 72.8 Å². The van der Waals surface area contributed by atoms with E-state index in [-0.39, 0.29) is 23.4 Å². The number of carbonyl (C=O) groups is 2. The second-order valence-electron chi connectivity index (χ2n) is 13.1. The summed E-state index contributed by atoms with van der Waals surface area (Å²) in [5, 5.41) is 13.1. The van der Waals surface area contributed by atoms with E-state index in [1.165, 1.54) is 0 Å². The quantitative estimate of drug-likeness (QED) is 0.174. The Morgan fingerprint density at radius 2 is 1.23 bits per heavy atom. The van der Waals surface area contributed by atoms with Crippen LogP contribution < -0.4 is 9.47 Å². The minimum absolute atomic E-state index is 0.0353. The first kappa shape index (κ1) is 34.1. The highest BCUT2D eigenvalue weighted by Gasteiger charge is 2.28. The van der Waals surface area contributed by atoms with E-state index in [1.54, 1.807) is 14.2 Å². The molecule has 0 bridgehead atoms. The molecule has 2 heterocycles. The van der Waals surface area contributed by atoms with Gasteiger partial charge in [0.1, 0.15) is 11.5 Å². The summed E-state index contributed by atoms with van der Waals surface area (Å²) >= 11 is 0. The number of methoxy groups -OCH3 is 2. The normalized spacial score (nSPS) is 18.7. The van der Waals surface area contributed by atoms with E-state index < -0.39 is 0 Å². The summed E-state index contributed by atoms with van der Waals surface area (Å²) in [7, 11) is 3.32. The van der Waals surface area contributed by atoms with Crippen LogP contribution in [-0.2, 0) is 0 Å². The maximum atomic E-state index is 12.9. The minimum atomic E-state index is 0.0353. The number of nitriles is 1. The van der Waals surface area contributed by atoms with Gasteiger partial charge in [0.2, 0.25) is 0 Å². The van der Waals surface area contributed by atoms with Crippen LogP contribution in [0.1, 0.15) is 66.7 Å². The second-order valence-corrected chi connectivity index (χ2v) is 13.1. The van der Waals surface area contributed by atoms with Crippen molar-refractivity contribution in [2.24, 2.45) is 11.8 Å². The predicted molar refractivity (Wildman–Crippen MR) is 188 cm³/mol. The van der Waals surface area contributed by atoms with Crippen molar-refractivity contribution in [2.75, 3.05) is 46.9 Å². The second kappa shape index (κ2) is 16.0. The number of fused-ring (bicyclic) bond motifs is 2. The zero-order chi connectivity index (χ0) is 33.3. The van der Waals surface area contributed by atoms with Crippen LogP contribution in [0, 0.1) is 23.2 Å². The van der Waals surface area contributed by atoms with E-state index in [2.05, 4.69) is 29.7 Å². The highest BCUT2D eigenvalue weighted by molar-refractivity contribution is 6.02. The van der Waals surface area contributed by atoms with Crippen LogP contribution in [0.3, 0.4) is 0 Å². The number of carbonyl (C=O) groups excluding carboxylic acids is 2. The number of rotatable bonds is 9. The average Bonchev–Trinajstić information content (AvgIpc) is 3.12. The summed E-state index contributed by atoms with van der Waals surface area (Å²) in [6.45, 7) is 8.92. The van der Waals surface area contributed by atoms with E-state index in [9.17, 15) is 9.59 Å². The molecule has 0 N–H and O–H groups in total. The van der Waals surface area contributed by atoms with Crippen molar-refractivity contribution in [1.29, 1.82) is 5.26 Å². The van der Waals surface area contributed by atoms with Gasteiger partial charge in [-0.25, -0.2) is 0 Å². The number of hydrogen-bond acceptors (Lipinski definition) is 7. The maximum absolute atomic E-state index is 12.9. The molecule has 2 aliphatic rings. The monoisotopic (exact) mass is 633 g/mol. The fourth-order valence-corrected chi connectivity index (χ4v) is 6.85. The Balaban J connectivity index is 0.000000185. The van der Waals surface area contributed by atoms with Gasteiger partial charge in [0.25, 0.3) is 0 Å². The van der Waals surface area contributed by atoms with Crippen LogP contribution in [-0.4, -0.2) is 74.4 Å². The topological polar surface area (TPSA) is 82.9 Å². The van der Waals surface area contributed by atoms with Crippen LogP contribution in [0.4, 0.5) is 0 Å². The molecule has 2 unspecified atom stereocenters. The van der Waals surface area contributed by atoms with Crippen LogP contribution >= 0.6 is 0 Å². The summed E-state index contributed by atoms with van der Waals surface area (Å²) in [5.41, 5.74) is 1.61. The van der Waals surface area contributed by atoms with Gasteiger partial charge < -0.3 is 19.3 Å². The lowest BCUT2D eigenvalue weighted by atomic mass is 9.88. The fraction of sp³-hybridized carbons (Fsp3) is 0.425. The van der Waals surface area contributed by atoms with Crippen LogP contribution in [0.5, 0.6) is 11.5 Å². The molecule has 2 atom stereocenters. The molecular formula is C40H47N3O4. The summed E-state index contributed by atoms with van der Waals surface area (Å²) in [6.07, 6.45) is 4.59. The van der Waals surface area contributed by atoms with E-state index in [1.807, 2.05) is 72.8 Å². The van der Waals surface area contributed by atoms with Gasteiger partial charge >= 0.3 is 0 Å². The molecule has 0 aliphatic carbocycles. The van der Waals surface area contributed by atoms with Crippen molar-refractivity contribution < 1.29 is 19.1 Å². The lowest BCUT2D eigenvalue weighted by molar-refractivity contribution is 0.0780. The molecule has 7 nitrogen and oxygen atoms in total. The zero-order valence-electron chi connectivity index (χ0n) is 28.2. The lowest BCUT2D eigenvalue weighted by Crippen LogP contribution is -2.42. The number of likely N-dealkylation sites (tertiary alicyclic amines) is 2. The van der Waals surface area contributed by atoms with Gasteiger partial charge in [-0.3, -0.25) is 9.59 Å². The Morgan fingerprint density at radius 3 is 1.74 bits per heavy atom. The third-order valence-electron chi connectivity index (χ3n) is 9.63. The molecule has 4 aromatic carbocycles. The molecule has 4 aromatic rings. The van der Waals surface area contributed by atoms with Gasteiger partial charge in [0, 0.05) is 55.1 Å². The van der Waals surface area contributed by atoms with Crippen molar-refractivity contribution in [3.63, 3.8) is 0 Å². The molecule has 0 aromatic heterocycles. The third kappa shape index (κ3) is 8.57. The molecule has 6 rings (SSSR count). The average molecular weight is 634 g/mol. The van der Waals surface area contributed by atoms with Gasteiger partial charge in [-0.05, 0) is 111 Å². The smallest absolute Gasteiger partial charge is 0.167 e. The number of ketones is 2. The van der Waals surface area contributed by atoms with E-state index in [0.717, 1.165) is 103 Å². The SMILES string of the molecule is COc1ccc2cc(C(=O)C3CCCN(C(C)C)C3)ccc2c1.COc1ccc2cc(C(=O)C3CCCN(CCC#N)C3)ccc2c1. The molecule has 0 amide bonds. The molecule has 2 fully saturated rings. The number of nitrogens with zero attached hydrogens (tertiary/aromatic N) is 3. The van der Waals surface area contributed by atoms with Gasteiger partial charge in [0.05, 0.1) is 20.3 Å². The molecule has 2 saturated heterocycles. The van der Waals surface area contributed by atoms with Crippen molar-refractivity contribution in [1.82, 2.24) is 9.80 Å². The number of piperidine rings is 2. The van der Waals surface area contributed by atoms with Crippen LogP contribution in [0.25, 0.3) is 21.5 Å². The molecule has 0 saturated carbocycles.